The van der Waals surface area contributed by atoms with Crippen LogP contribution in [0.4, 0.5) is 0 Å². The molecule has 4 rings (SSSR count). The van der Waals surface area contributed by atoms with Gasteiger partial charge < -0.3 is 15.6 Å². The predicted octanol–water partition coefficient (Wildman–Crippen LogP) is 3.32. The Morgan fingerprint density at radius 1 is 1.10 bits per heavy atom. The summed E-state index contributed by atoms with van der Waals surface area (Å²) in [5.41, 5.74) is 3.05. The van der Waals surface area contributed by atoms with Gasteiger partial charge in [0, 0.05) is 42.5 Å². The molecule has 7 heteroatoms. The van der Waals surface area contributed by atoms with Gasteiger partial charge in [-0.2, -0.15) is 0 Å². The van der Waals surface area contributed by atoms with E-state index >= 15 is 0 Å². The van der Waals surface area contributed by atoms with Gasteiger partial charge in [-0.1, -0.05) is 30.3 Å². The van der Waals surface area contributed by atoms with Crippen molar-refractivity contribution < 1.29 is 9.59 Å². The third kappa shape index (κ3) is 4.75. The quantitative estimate of drug-likeness (QED) is 0.410. The maximum Gasteiger partial charge on any atom is 0.262 e. The van der Waals surface area contributed by atoms with Crippen LogP contribution in [0, 0.1) is 0 Å². The van der Waals surface area contributed by atoms with Crippen LogP contribution in [0.1, 0.15) is 20.8 Å². The van der Waals surface area contributed by atoms with E-state index in [-0.39, 0.29) is 11.8 Å². The summed E-state index contributed by atoms with van der Waals surface area (Å²) in [5, 5.41) is 8.75. The van der Waals surface area contributed by atoms with Crippen molar-refractivity contribution in [2.24, 2.45) is 0 Å². The van der Waals surface area contributed by atoms with Crippen LogP contribution in [0.2, 0.25) is 0 Å². The van der Waals surface area contributed by atoms with E-state index in [2.05, 4.69) is 20.6 Å². The molecule has 0 saturated heterocycles. The molecule has 1 aromatic carbocycles. The highest BCUT2D eigenvalue weighted by atomic mass is 32.1. The first-order valence-electron chi connectivity index (χ1n) is 9.76. The normalized spacial score (nSPS) is 11.9. The smallest absolute Gasteiger partial charge is 0.262 e. The predicted molar refractivity (Wildman–Crippen MR) is 119 cm³/mol. The number of hydrogen-bond acceptors (Lipinski definition) is 4. The largest absolute Gasteiger partial charge is 0.361 e. The first-order valence-corrected chi connectivity index (χ1v) is 10.6. The van der Waals surface area contributed by atoms with Gasteiger partial charge in [0.15, 0.2) is 0 Å². The van der Waals surface area contributed by atoms with Crippen LogP contribution in [0.3, 0.4) is 0 Å². The van der Waals surface area contributed by atoms with Gasteiger partial charge in [0.2, 0.25) is 5.91 Å². The SMILES string of the molecule is O=C(NC(Cc1c[nH]c2ccccc12)C(=O)NCCc1cccnc1)c1cccs1. The molecule has 3 heterocycles. The van der Waals surface area contributed by atoms with Gasteiger partial charge in [-0.15, -0.1) is 11.3 Å². The molecule has 1 unspecified atom stereocenters. The fourth-order valence-electron chi connectivity index (χ4n) is 3.37. The molecular formula is C23H22N4O2S. The lowest BCUT2D eigenvalue weighted by Crippen LogP contribution is -2.48. The van der Waals surface area contributed by atoms with Crippen LogP contribution >= 0.6 is 11.3 Å². The summed E-state index contributed by atoms with van der Waals surface area (Å²) in [6.07, 6.45) is 6.49. The van der Waals surface area contributed by atoms with Crippen LogP contribution in [0.5, 0.6) is 0 Å². The van der Waals surface area contributed by atoms with E-state index in [0.29, 0.717) is 24.3 Å². The number of nitrogens with one attached hydrogen (secondary N) is 3. The number of thiophene rings is 1. The van der Waals surface area contributed by atoms with E-state index in [4.69, 9.17) is 0 Å². The maximum absolute atomic E-state index is 13.0. The Balaban J connectivity index is 1.47. The Kier molecular flexibility index (Phi) is 6.20. The van der Waals surface area contributed by atoms with Crippen molar-refractivity contribution in [1.82, 2.24) is 20.6 Å². The minimum absolute atomic E-state index is 0.200. The second-order valence-electron chi connectivity index (χ2n) is 6.97. The van der Waals surface area contributed by atoms with E-state index in [1.807, 2.05) is 54.0 Å². The molecule has 0 saturated carbocycles. The standard InChI is InChI=1S/C23H22N4O2S/c28-22(25-11-9-16-5-3-10-24-14-16)20(27-23(29)21-8-4-12-30-21)13-17-15-26-19-7-2-1-6-18(17)19/h1-8,10,12,14-15,20,26H,9,11,13H2,(H,25,28)(H,27,29). The van der Waals surface area contributed by atoms with Crippen molar-refractivity contribution in [3.63, 3.8) is 0 Å². The van der Waals surface area contributed by atoms with Gasteiger partial charge in [-0.05, 0) is 41.1 Å². The highest BCUT2D eigenvalue weighted by Crippen LogP contribution is 2.19. The van der Waals surface area contributed by atoms with Crippen molar-refractivity contribution in [3.8, 4) is 0 Å². The van der Waals surface area contributed by atoms with Crippen LogP contribution in [0.15, 0.2) is 72.5 Å². The lowest BCUT2D eigenvalue weighted by atomic mass is 10.0. The van der Waals surface area contributed by atoms with Gasteiger partial charge in [0.1, 0.15) is 6.04 Å². The molecule has 0 aliphatic carbocycles. The molecule has 0 aliphatic rings. The van der Waals surface area contributed by atoms with Gasteiger partial charge in [-0.25, -0.2) is 0 Å². The number of para-hydroxylation sites is 1. The van der Waals surface area contributed by atoms with Crippen molar-refractivity contribution in [2.45, 2.75) is 18.9 Å². The van der Waals surface area contributed by atoms with E-state index in [1.54, 1.807) is 18.5 Å². The highest BCUT2D eigenvalue weighted by molar-refractivity contribution is 7.12. The summed E-state index contributed by atoms with van der Waals surface area (Å²) in [4.78, 5) is 33.5. The Hall–Kier alpha value is -3.45. The average molecular weight is 419 g/mol. The number of amides is 2. The Bertz CT molecular complexity index is 1120. The number of hydrogen-bond donors (Lipinski definition) is 3. The summed E-state index contributed by atoms with van der Waals surface area (Å²) < 4.78 is 0. The molecule has 152 valence electrons. The topological polar surface area (TPSA) is 86.9 Å². The zero-order valence-corrected chi connectivity index (χ0v) is 17.1. The first-order chi connectivity index (χ1) is 14.7. The van der Waals surface area contributed by atoms with E-state index < -0.39 is 6.04 Å². The molecule has 30 heavy (non-hydrogen) atoms. The fourth-order valence-corrected chi connectivity index (χ4v) is 3.99. The average Bonchev–Trinajstić information content (AvgIpc) is 3.45. The monoisotopic (exact) mass is 418 g/mol. The number of carbonyl (C=O) groups is 2. The van der Waals surface area contributed by atoms with E-state index in [9.17, 15) is 9.59 Å². The second kappa shape index (κ2) is 9.37. The number of fused-ring (bicyclic) bond motifs is 1. The summed E-state index contributed by atoms with van der Waals surface area (Å²) in [5.74, 6) is -0.439. The number of carbonyl (C=O) groups excluding carboxylic acids is 2. The molecule has 0 fully saturated rings. The fraction of sp³-hybridized carbons (Fsp3) is 0.174. The molecule has 2 amide bonds. The van der Waals surface area contributed by atoms with Crippen molar-refractivity contribution in [2.75, 3.05) is 6.54 Å². The number of H-pyrrole nitrogens is 1. The van der Waals surface area contributed by atoms with Crippen LogP contribution < -0.4 is 10.6 Å². The Labute approximate surface area is 178 Å². The highest BCUT2D eigenvalue weighted by Gasteiger charge is 2.23. The van der Waals surface area contributed by atoms with Gasteiger partial charge in [0.05, 0.1) is 4.88 Å². The molecule has 4 aromatic rings. The lowest BCUT2D eigenvalue weighted by molar-refractivity contribution is -0.122. The molecular weight excluding hydrogens is 396 g/mol. The number of aromatic amines is 1. The summed E-state index contributed by atoms with van der Waals surface area (Å²) in [6.45, 7) is 0.476. The lowest BCUT2D eigenvalue weighted by Gasteiger charge is -2.18. The number of pyridine rings is 1. The molecule has 0 bridgehead atoms. The maximum atomic E-state index is 13.0. The van der Waals surface area contributed by atoms with Gasteiger partial charge >= 0.3 is 0 Å². The van der Waals surface area contributed by atoms with Crippen molar-refractivity contribution >= 4 is 34.1 Å². The number of nitrogens with zero attached hydrogens (tertiary/aromatic N) is 1. The Morgan fingerprint density at radius 2 is 2.00 bits per heavy atom. The van der Waals surface area contributed by atoms with E-state index in [0.717, 1.165) is 22.0 Å². The van der Waals surface area contributed by atoms with E-state index in [1.165, 1.54) is 11.3 Å². The molecule has 0 spiro atoms. The molecule has 1 atom stereocenters. The molecule has 0 radical (unpaired) electrons. The Morgan fingerprint density at radius 3 is 2.80 bits per heavy atom. The first kappa shape index (κ1) is 19.8. The summed E-state index contributed by atoms with van der Waals surface area (Å²) in [6, 6.07) is 14.7. The third-order valence-corrected chi connectivity index (χ3v) is 5.77. The van der Waals surface area contributed by atoms with Crippen molar-refractivity contribution in [3.05, 3.63) is 88.5 Å². The molecule has 3 N–H and O–H groups in total. The zero-order chi connectivity index (χ0) is 20.8. The molecule has 3 aromatic heterocycles. The van der Waals surface area contributed by atoms with Crippen molar-refractivity contribution in [1.29, 1.82) is 0 Å². The molecule has 6 nitrogen and oxygen atoms in total. The second-order valence-corrected chi connectivity index (χ2v) is 7.92. The van der Waals surface area contributed by atoms with Gasteiger partial charge in [-0.3, -0.25) is 14.6 Å². The number of benzene rings is 1. The minimum atomic E-state index is -0.673. The van der Waals surface area contributed by atoms with Crippen LogP contribution in [-0.2, 0) is 17.6 Å². The van der Waals surface area contributed by atoms with Crippen LogP contribution in [-0.4, -0.2) is 34.4 Å². The molecule has 0 aliphatic heterocycles. The van der Waals surface area contributed by atoms with Crippen LogP contribution in [0.25, 0.3) is 10.9 Å². The number of rotatable bonds is 8. The zero-order valence-electron chi connectivity index (χ0n) is 16.3. The van der Waals surface area contributed by atoms with Gasteiger partial charge in [0.25, 0.3) is 5.91 Å². The number of aromatic nitrogens is 2. The summed E-state index contributed by atoms with van der Waals surface area (Å²) >= 11 is 1.35. The third-order valence-electron chi connectivity index (χ3n) is 4.90. The minimum Gasteiger partial charge on any atom is -0.361 e. The summed E-state index contributed by atoms with van der Waals surface area (Å²) in [7, 11) is 0.